The van der Waals surface area contributed by atoms with Crippen molar-refractivity contribution in [2.24, 2.45) is 0 Å². The molecule has 4 nitrogen and oxygen atoms in total. The van der Waals surface area contributed by atoms with Crippen molar-refractivity contribution in [1.82, 2.24) is 9.97 Å². The molecule has 0 aliphatic heterocycles. The molecule has 1 saturated carbocycles. The summed E-state index contributed by atoms with van der Waals surface area (Å²) in [4.78, 5) is 11.0. The summed E-state index contributed by atoms with van der Waals surface area (Å²) in [6.45, 7) is 0. The molecule has 0 spiro atoms. The van der Waals surface area contributed by atoms with Crippen LogP contribution in [0.1, 0.15) is 19.3 Å². The lowest BCUT2D eigenvalue weighted by atomic mass is 9.92. The van der Waals surface area contributed by atoms with Gasteiger partial charge in [0.2, 0.25) is 0 Å². The van der Waals surface area contributed by atoms with E-state index in [1.54, 1.807) is 6.33 Å². The van der Waals surface area contributed by atoms with E-state index in [9.17, 15) is 0 Å². The lowest BCUT2D eigenvalue weighted by molar-refractivity contribution is 0.400. The Hall–Kier alpha value is -1.84. The Labute approximate surface area is 100 Å². The molecule has 0 bridgehead atoms. The van der Waals surface area contributed by atoms with Crippen molar-refractivity contribution in [3.63, 3.8) is 0 Å². The Morgan fingerprint density at radius 1 is 1.29 bits per heavy atom. The lowest BCUT2D eigenvalue weighted by Gasteiger charge is -2.35. The van der Waals surface area contributed by atoms with Crippen LogP contribution in [0.5, 0.6) is 0 Å². The minimum atomic E-state index is 0.630. The molecule has 1 aromatic heterocycles. The zero-order valence-corrected chi connectivity index (χ0v) is 9.93. The van der Waals surface area contributed by atoms with E-state index in [2.05, 4.69) is 21.9 Å². The quantitative estimate of drug-likeness (QED) is 0.801. The molecule has 0 radical (unpaired) electrons. The first-order chi connectivity index (χ1) is 8.25. The van der Waals surface area contributed by atoms with E-state index < -0.39 is 0 Å². The second kappa shape index (κ2) is 3.87. The Bertz CT molecular complexity index is 548. The molecule has 0 saturated heterocycles. The predicted molar refractivity (Wildman–Crippen MR) is 70.0 cm³/mol. The van der Waals surface area contributed by atoms with Crippen LogP contribution in [0.15, 0.2) is 24.5 Å². The van der Waals surface area contributed by atoms with Gasteiger partial charge in [0.05, 0.1) is 5.52 Å². The first-order valence-corrected chi connectivity index (χ1v) is 5.99. The maximum absolute atomic E-state index is 5.77. The normalized spacial score (nSPS) is 15.8. The number of hydrogen-bond acceptors (Lipinski definition) is 4. The van der Waals surface area contributed by atoms with Crippen molar-refractivity contribution in [2.45, 2.75) is 25.3 Å². The molecule has 1 aliphatic rings. The van der Waals surface area contributed by atoms with Crippen LogP contribution in [-0.2, 0) is 0 Å². The fourth-order valence-electron chi connectivity index (χ4n) is 2.29. The van der Waals surface area contributed by atoms with Gasteiger partial charge in [-0.25, -0.2) is 9.97 Å². The van der Waals surface area contributed by atoms with Crippen LogP contribution in [0.4, 0.5) is 11.5 Å². The minimum absolute atomic E-state index is 0.630. The van der Waals surface area contributed by atoms with Crippen LogP contribution in [0.2, 0.25) is 0 Å². The van der Waals surface area contributed by atoms with Crippen LogP contribution in [-0.4, -0.2) is 23.1 Å². The van der Waals surface area contributed by atoms with Crippen molar-refractivity contribution in [1.29, 1.82) is 0 Å². The highest BCUT2D eigenvalue weighted by molar-refractivity contribution is 5.91. The molecule has 0 amide bonds. The molecule has 0 unspecified atom stereocenters. The Kier molecular flexibility index (Phi) is 2.35. The number of aromatic nitrogens is 2. The second-order valence-electron chi connectivity index (χ2n) is 4.67. The summed E-state index contributed by atoms with van der Waals surface area (Å²) in [5, 5.41) is 1.08. The highest BCUT2D eigenvalue weighted by atomic mass is 15.2. The molecule has 4 heteroatoms. The van der Waals surface area contributed by atoms with Gasteiger partial charge in [0, 0.05) is 24.2 Å². The Morgan fingerprint density at radius 3 is 2.82 bits per heavy atom. The van der Waals surface area contributed by atoms with Gasteiger partial charge in [-0.15, -0.1) is 0 Å². The number of anilines is 2. The molecular weight excluding hydrogens is 212 g/mol. The van der Waals surface area contributed by atoms with Gasteiger partial charge in [0.25, 0.3) is 0 Å². The fourth-order valence-corrected chi connectivity index (χ4v) is 2.29. The summed E-state index contributed by atoms with van der Waals surface area (Å²) >= 11 is 0. The third-order valence-corrected chi connectivity index (χ3v) is 3.60. The van der Waals surface area contributed by atoms with Crippen molar-refractivity contribution in [3.8, 4) is 0 Å². The summed E-state index contributed by atoms with van der Waals surface area (Å²) in [6, 6.07) is 6.44. The van der Waals surface area contributed by atoms with Gasteiger partial charge in [-0.05, 0) is 37.5 Å². The van der Waals surface area contributed by atoms with Crippen molar-refractivity contribution in [3.05, 3.63) is 24.5 Å². The smallest absolute Gasteiger partial charge is 0.139 e. The van der Waals surface area contributed by atoms with Crippen LogP contribution < -0.4 is 10.6 Å². The molecule has 3 rings (SSSR count). The maximum atomic E-state index is 5.77. The molecule has 1 heterocycles. The first-order valence-electron chi connectivity index (χ1n) is 5.99. The number of rotatable bonds is 2. The van der Waals surface area contributed by atoms with Gasteiger partial charge in [0.1, 0.15) is 12.1 Å². The van der Waals surface area contributed by atoms with E-state index in [1.807, 2.05) is 18.2 Å². The number of nitrogen functional groups attached to an aromatic ring is 1. The fraction of sp³-hybridized carbons (Fsp3) is 0.385. The zero-order valence-electron chi connectivity index (χ0n) is 9.93. The largest absolute Gasteiger partial charge is 0.399 e. The monoisotopic (exact) mass is 228 g/mol. The number of fused-ring (bicyclic) bond motifs is 1. The van der Waals surface area contributed by atoms with Crippen LogP contribution >= 0.6 is 0 Å². The van der Waals surface area contributed by atoms with Gasteiger partial charge in [0.15, 0.2) is 0 Å². The molecular formula is C13H16N4. The summed E-state index contributed by atoms with van der Waals surface area (Å²) in [5.41, 5.74) is 7.43. The predicted octanol–water partition coefficient (Wildman–Crippen LogP) is 2.20. The third kappa shape index (κ3) is 1.69. The summed E-state index contributed by atoms with van der Waals surface area (Å²) in [7, 11) is 2.11. The standard InChI is InChI=1S/C13H16N4/c1-17(10-3-2-4-10)13-11-6-5-9(14)7-12(11)15-8-16-13/h5-8,10H,2-4,14H2,1H3. The van der Waals surface area contributed by atoms with Gasteiger partial charge in [-0.3, -0.25) is 0 Å². The van der Waals surface area contributed by atoms with Gasteiger partial charge < -0.3 is 10.6 Å². The molecule has 1 aliphatic carbocycles. The second-order valence-corrected chi connectivity index (χ2v) is 4.67. The highest BCUT2D eigenvalue weighted by Gasteiger charge is 2.24. The Balaban J connectivity index is 2.09. The van der Waals surface area contributed by atoms with E-state index >= 15 is 0 Å². The molecule has 2 aromatic rings. The molecule has 1 aromatic carbocycles. The maximum Gasteiger partial charge on any atom is 0.139 e. The third-order valence-electron chi connectivity index (χ3n) is 3.60. The van der Waals surface area contributed by atoms with Crippen LogP contribution in [0.3, 0.4) is 0 Å². The molecule has 88 valence electrons. The van der Waals surface area contributed by atoms with Gasteiger partial charge in [-0.2, -0.15) is 0 Å². The summed E-state index contributed by atoms with van der Waals surface area (Å²) in [5.74, 6) is 1.01. The van der Waals surface area contributed by atoms with E-state index in [-0.39, 0.29) is 0 Å². The lowest BCUT2D eigenvalue weighted by Crippen LogP contribution is -2.37. The summed E-state index contributed by atoms with van der Waals surface area (Å²) < 4.78 is 0. The van der Waals surface area contributed by atoms with E-state index in [4.69, 9.17) is 5.73 Å². The Morgan fingerprint density at radius 2 is 2.12 bits per heavy atom. The number of nitrogens with zero attached hydrogens (tertiary/aromatic N) is 3. The van der Waals surface area contributed by atoms with Crippen molar-refractivity contribution < 1.29 is 0 Å². The average Bonchev–Trinajstić information content (AvgIpc) is 2.25. The van der Waals surface area contributed by atoms with Crippen LogP contribution in [0.25, 0.3) is 10.9 Å². The van der Waals surface area contributed by atoms with Gasteiger partial charge in [-0.1, -0.05) is 0 Å². The van der Waals surface area contributed by atoms with Crippen molar-refractivity contribution >= 4 is 22.4 Å². The van der Waals surface area contributed by atoms with Gasteiger partial charge >= 0.3 is 0 Å². The molecule has 17 heavy (non-hydrogen) atoms. The van der Waals surface area contributed by atoms with E-state index in [0.29, 0.717) is 6.04 Å². The number of nitrogens with two attached hydrogens (primary N) is 1. The average molecular weight is 228 g/mol. The van der Waals surface area contributed by atoms with E-state index in [1.165, 1.54) is 19.3 Å². The van der Waals surface area contributed by atoms with Crippen molar-refractivity contribution in [2.75, 3.05) is 17.7 Å². The SMILES string of the molecule is CN(c1ncnc2cc(N)ccc12)C1CCC1. The zero-order chi connectivity index (χ0) is 11.8. The minimum Gasteiger partial charge on any atom is -0.399 e. The molecule has 1 fully saturated rings. The summed E-state index contributed by atoms with van der Waals surface area (Å²) in [6.07, 6.45) is 5.46. The topological polar surface area (TPSA) is 55.0 Å². The number of benzene rings is 1. The molecule has 2 N–H and O–H groups in total. The molecule has 0 atom stereocenters. The van der Waals surface area contributed by atoms with E-state index in [0.717, 1.165) is 22.4 Å². The first kappa shape index (κ1) is 10.3. The highest BCUT2D eigenvalue weighted by Crippen LogP contribution is 2.31. The van der Waals surface area contributed by atoms with Crippen LogP contribution in [0, 0.1) is 0 Å². The number of hydrogen-bond donors (Lipinski definition) is 1.